The zero-order chi connectivity index (χ0) is 18.7. The minimum absolute atomic E-state index is 0.221. The van der Waals surface area contributed by atoms with E-state index in [1.54, 1.807) is 35.9 Å². The molecule has 2 aromatic carbocycles. The molecule has 0 radical (unpaired) electrons. The zero-order valence-corrected chi connectivity index (χ0v) is 14.4. The fourth-order valence-electron chi connectivity index (χ4n) is 2.48. The first kappa shape index (κ1) is 17.2. The Labute approximate surface area is 150 Å². The third-order valence-electron chi connectivity index (χ3n) is 3.78. The minimum Gasteiger partial charge on any atom is -0.351 e. The van der Waals surface area contributed by atoms with Crippen LogP contribution in [0.25, 0.3) is 5.69 Å². The summed E-state index contributed by atoms with van der Waals surface area (Å²) in [7, 11) is 0. The molecular weight excluding hydrogens is 332 g/mol. The SMILES string of the molecule is Cc1ccc(-n2nnc(C(=O)Nc3cccc(NC(N)=O)c3)c2C)cc1. The number of hydrogen-bond donors (Lipinski definition) is 3. The van der Waals surface area contributed by atoms with Crippen LogP contribution in [-0.4, -0.2) is 26.9 Å². The van der Waals surface area contributed by atoms with Crippen molar-refractivity contribution in [3.05, 3.63) is 65.5 Å². The molecule has 132 valence electrons. The van der Waals surface area contributed by atoms with E-state index < -0.39 is 11.9 Å². The Bertz CT molecular complexity index is 962. The average molecular weight is 350 g/mol. The lowest BCUT2D eigenvalue weighted by Crippen LogP contribution is -2.19. The number of primary amides is 1. The van der Waals surface area contributed by atoms with E-state index in [-0.39, 0.29) is 5.69 Å². The second-order valence-corrected chi connectivity index (χ2v) is 5.79. The van der Waals surface area contributed by atoms with E-state index in [0.29, 0.717) is 17.1 Å². The van der Waals surface area contributed by atoms with Gasteiger partial charge in [-0.3, -0.25) is 4.79 Å². The minimum atomic E-state index is -0.676. The number of hydrogen-bond acceptors (Lipinski definition) is 4. The van der Waals surface area contributed by atoms with E-state index in [4.69, 9.17) is 5.73 Å². The highest BCUT2D eigenvalue weighted by molar-refractivity contribution is 6.04. The van der Waals surface area contributed by atoms with Crippen LogP contribution in [0.1, 0.15) is 21.7 Å². The number of aryl methyl sites for hydroxylation is 1. The number of carbonyl (C=O) groups excluding carboxylic acids is 2. The fraction of sp³-hybridized carbons (Fsp3) is 0.111. The van der Waals surface area contributed by atoms with Crippen LogP contribution in [-0.2, 0) is 0 Å². The number of urea groups is 1. The molecule has 0 aliphatic rings. The molecule has 3 aromatic rings. The number of carbonyl (C=O) groups is 2. The highest BCUT2D eigenvalue weighted by Crippen LogP contribution is 2.17. The van der Waals surface area contributed by atoms with Crippen molar-refractivity contribution in [2.75, 3.05) is 10.6 Å². The molecule has 8 heteroatoms. The van der Waals surface area contributed by atoms with E-state index in [9.17, 15) is 9.59 Å². The standard InChI is InChI=1S/C18H18N6O2/c1-11-6-8-15(9-7-11)24-12(2)16(22-23-24)17(25)20-13-4-3-5-14(10-13)21-18(19)26/h3-10H,1-2H3,(H,20,25)(H3,19,21,26). The molecule has 0 aliphatic heterocycles. The fourth-order valence-corrected chi connectivity index (χ4v) is 2.48. The topological polar surface area (TPSA) is 115 Å². The van der Waals surface area contributed by atoms with Crippen molar-refractivity contribution in [1.82, 2.24) is 15.0 Å². The summed E-state index contributed by atoms with van der Waals surface area (Å²) in [6.45, 7) is 3.78. The van der Waals surface area contributed by atoms with Gasteiger partial charge in [0.15, 0.2) is 5.69 Å². The summed E-state index contributed by atoms with van der Waals surface area (Å²) in [6.07, 6.45) is 0. The molecule has 1 aromatic heterocycles. The van der Waals surface area contributed by atoms with Crippen molar-refractivity contribution in [1.29, 1.82) is 0 Å². The number of benzene rings is 2. The van der Waals surface area contributed by atoms with Gasteiger partial charge in [-0.1, -0.05) is 29.0 Å². The first-order valence-corrected chi connectivity index (χ1v) is 7.91. The number of nitrogens with two attached hydrogens (primary N) is 1. The van der Waals surface area contributed by atoms with Crippen LogP contribution in [0.3, 0.4) is 0 Å². The maximum atomic E-state index is 12.5. The summed E-state index contributed by atoms with van der Waals surface area (Å²) in [4.78, 5) is 23.5. The lowest BCUT2D eigenvalue weighted by Gasteiger charge is -2.07. The molecule has 0 aliphatic carbocycles. The Morgan fingerprint density at radius 1 is 1.00 bits per heavy atom. The highest BCUT2D eigenvalue weighted by Gasteiger charge is 2.17. The van der Waals surface area contributed by atoms with Gasteiger partial charge in [0.25, 0.3) is 5.91 Å². The average Bonchev–Trinajstić information content (AvgIpc) is 2.97. The Morgan fingerprint density at radius 2 is 1.65 bits per heavy atom. The van der Waals surface area contributed by atoms with Crippen LogP contribution < -0.4 is 16.4 Å². The van der Waals surface area contributed by atoms with Crippen LogP contribution in [0.5, 0.6) is 0 Å². The van der Waals surface area contributed by atoms with E-state index in [0.717, 1.165) is 11.3 Å². The van der Waals surface area contributed by atoms with Crippen molar-refractivity contribution < 1.29 is 9.59 Å². The normalized spacial score (nSPS) is 10.4. The van der Waals surface area contributed by atoms with Crippen LogP contribution in [0, 0.1) is 13.8 Å². The first-order valence-electron chi connectivity index (χ1n) is 7.91. The smallest absolute Gasteiger partial charge is 0.316 e. The molecule has 0 fully saturated rings. The Hall–Kier alpha value is -3.68. The van der Waals surface area contributed by atoms with Crippen molar-refractivity contribution in [2.24, 2.45) is 5.73 Å². The first-order chi connectivity index (χ1) is 12.4. The van der Waals surface area contributed by atoms with Gasteiger partial charge in [0.05, 0.1) is 11.4 Å². The Morgan fingerprint density at radius 3 is 2.31 bits per heavy atom. The molecule has 3 amide bonds. The van der Waals surface area contributed by atoms with Crippen LogP contribution in [0.2, 0.25) is 0 Å². The summed E-state index contributed by atoms with van der Waals surface area (Å²) in [6, 6.07) is 13.7. The van der Waals surface area contributed by atoms with Crippen LogP contribution in [0.4, 0.5) is 16.2 Å². The monoisotopic (exact) mass is 350 g/mol. The maximum Gasteiger partial charge on any atom is 0.316 e. The maximum absolute atomic E-state index is 12.5. The number of nitrogens with zero attached hydrogens (tertiary/aromatic N) is 3. The molecule has 26 heavy (non-hydrogen) atoms. The second-order valence-electron chi connectivity index (χ2n) is 5.79. The van der Waals surface area contributed by atoms with Crippen molar-refractivity contribution in [2.45, 2.75) is 13.8 Å². The number of aromatic nitrogens is 3. The molecule has 0 bridgehead atoms. The molecule has 3 rings (SSSR count). The molecule has 0 saturated carbocycles. The molecule has 0 saturated heterocycles. The summed E-state index contributed by atoms with van der Waals surface area (Å²) < 4.78 is 1.61. The van der Waals surface area contributed by atoms with Gasteiger partial charge in [-0.05, 0) is 44.2 Å². The van der Waals surface area contributed by atoms with Gasteiger partial charge in [-0.25, -0.2) is 9.48 Å². The van der Waals surface area contributed by atoms with E-state index in [1.807, 2.05) is 31.2 Å². The van der Waals surface area contributed by atoms with Gasteiger partial charge >= 0.3 is 6.03 Å². The number of anilines is 2. The molecule has 4 N–H and O–H groups in total. The summed E-state index contributed by atoms with van der Waals surface area (Å²) in [5, 5.41) is 13.3. The summed E-state index contributed by atoms with van der Waals surface area (Å²) >= 11 is 0. The number of nitrogens with one attached hydrogen (secondary N) is 2. The van der Waals surface area contributed by atoms with Gasteiger partial charge in [-0.15, -0.1) is 5.10 Å². The van der Waals surface area contributed by atoms with Gasteiger partial charge in [-0.2, -0.15) is 0 Å². The largest absolute Gasteiger partial charge is 0.351 e. The van der Waals surface area contributed by atoms with Crippen LogP contribution >= 0.6 is 0 Å². The molecule has 0 unspecified atom stereocenters. The third-order valence-corrected chi connectivity index (χ3v) is 3.78. The quantitative estimate of drug-likeness (QED) is 0.671. The van der Waals surface area contributed by atoms with Gasteiger partial charge < -0.3 is 16.4 Å². The predicted molar refractivity (Wildman–Crippen MR) is 98.4 cm³/mol. The van der Waals surface area contributed by atoms with Crippen molar-refractivity contribution in [3.63, 3.8) is 0 Å². The van der Waals surface area contributed by atoms with Gasteiger partial charge in [0, 0.05) is 11.4 Å². The van der Waals surface area contributed by atoms with Crippen LogP contribution in [0.15, 0.2) is 48.5 Å². The van der Waals surface area contributed by atoms with E-state index in [1.165, 1.54) is 0 Å². The number of amides is 3. The second kappa shape index (κ2) is 7.06. The molecule has 0 spiro atoms. The molecule has 1 heterocycles. The summed E-state index contributed by atoms with van der Waals surface area (Å²) in [5.41, 5.74) is 8.89. The van der Waals surface area contributed by atoms with E-state index in [2.05, 4.69) is 20.9 Å². The van der Waals surface area contributed by atoms with Crippen molar-refractivity contribution in [3.8, 4) is 5.69 Å². The molecule has 0 atom stereocenters. The van der Waals surface area contributed by atoms with Gasteiger partial charge in [0.1, 0.15) is 0 Å². The van der Waals surface area contributed by atoms with E-state index >= 15 is 0 Å². The predicted octanol–water partition coefficient (Wildman–Crippen LogP) is 2.63. The molecule has 8 nitrogen and oxygen atoms in total. The lowest BCUT2D eigenvalue weighted by atomic mass is 10.2. The highest BCUT2D eigenvalue weighted by atomic mass is 16.2. The molecular formula is C18H18N6O2. The zero-order valence-electron chi connectivity index (χ0n) is 14.4. The van der Waals surface area contributed by atoms with Crippen molar-refractivity contribution >= 4 is 23.3 Å². The third kappa shape index (κ3) is 3.69. The summed E-state index contributed by atoms with van der Waals surface area (Å²) in [5.74, 6) is -0.392. The van der Waals surface area contributed by atoms with Gasteiger partial charge in [0.2, 0.25) is 0 Å². The lowest BCUT2D eigenvalue weighted by molar-refractivity contribution is 0.102. The Kier molecular flexibility index (Phi) is 4.66. The number of rotatable bonds is 4. The Balaban J connectivity index is 1.81.